The predicted molar refractivity (Wildman–Crippen MR) is 88.2 cm³/mol. The summed E-state index contributed by atoms with van der Waals surface area (Å²) >= 11 is 7.60. The number of hydrogen-bond donors (Lipinski definition) is 1. The Labute approximate surface area is 134 Å². The molecule has 2 nitrogen and oxygen atoms in total. The SMILES string of the molecule is CCC(N)C(c1ccc(Cl)s1)N(C)Cc1cccc(F)c1. The highest BCUT2D eigenvalue weighted by Gasteiger charge is 2.24. The molecule has 0 aliphatic heterocycles. The molecule has 1 heterocycles. The summed E-state index contributed by atoms with van der Waals surface area (Å²) in [5, 5.41) is 0. The molecule has 0 amide bonds. The molecule has 2 unspecified atom stereocenters. The monoisotopic (exact) mass is 326 g/mol. The second-order valence-corrected chi connectivity index (χ2v) is 6.95. The number of hydrogen-bond acceptors (Lipinski definition) is 3. The smallest absolute Gasteiger partial charge is 0.123 e. The van der Waals surface area contributed by atoms with Crippen LogP contribution in [0.2, 0.25) is 4.34 Å². The summed E-state index contributed by atoms with van der Waals surface area (Å²) < 4.78 is 14.1. The maximum Gasteiger partial charge on any atom is 0.123 e. The summed E-state index contributed by atoms with van der Waals surface area (Å²) in [6.07, 6.45) is 0.869. The third-order valence-corrected chi connectivity index (χ3v) is 4.86. The minimum Gasteiger partial charge on any atom is -0.326 e. The molecule has 2 atom stereocenters. The Kier molecular flexibility index (Phi) is 5.76. The third kappa shape index (κ3) is 4.27. The van der Waals surface area contributed by atoms with Gasteiger partial charge < -0.3 is 5.73 Å². The minimum absolute atomic E-state index is 0.0123. The van der Waals surface area contributed by atoms with E-state index < -0.39 is 0 Å². The first-order chi connectivity index (χ1) is 10.0. The molecule has 1 aromatic heterocycles. The van der Waals surface area contributed by atoms with Crippen molar-refractivity contribution in [1.29, 1.82) is 0 Å². The molecule has 1 aromatic carbocycles. The molecule has 0 aliphatic rings. The summed E-state index contributed by atoms with van der Waals surface area (Å²) in [5.41, 5.74) is 7.23. The fraction of sp³-hybridized carbons (Fsp3) is 0.375. The van der Waals surface area contributed by atoms with Crippen molar-refractivity contribution < 1.29 is 4.39 Å². The molecule has 0 fully saturated rings. The molecule has 0 saturated carbocycles. The van der Waals surface area contributed by atoms with E-state index in [4.69, 9.17) is 17.3 Å². The van der Waals surface area contributed by atoms with Crippen LogP contribution in [0.15, 0.2) is 36.4 Å². The standard InChI is InChI=1S/C16H20ClFN2S/c1-3-13(19)16(14-7-8-15(17)21-14)20(2)10-11-5-4-6-12(18)9-11/h4-9,13,16H,3,10,19H2,1-2H3. The van der Waals surface area contributed by atoms with Gasteiger partial charge >= 0.3 is 0 Å². The first-order valence-electron chi connectivity index (χ1n) is 6.96. The number of halogens is 2. The van der Waals surface area contributed by atoms with E-state index in [1.807, 2.05) is 25.2 Å². The average Bonchev–Trinajstić information content (AvgIpc) is 2.85. The van der Waals surface area contributed by atoms with Gasteiger partial charge in [-0.15, -0.1) is 11.3 Å². The van der Waals surface area contributed by atoms with Gasteiger partial charge in [0.25, 0.3) is 0 Å². The van der Waals surface area contributed by atoms with Crippen molar-refractivity contribution in [3.8, 4) is 0 Å². The van der Waals surface area contributed by atoms with Crippen molar-refractivity contribution in [2.75, 3.05) is 7.05 Å². The van der Waals surface area contributed by atoms with Crippen molar-refractivity contribution >= 4 is 22.9 Å². The fourth-order valence-corrected chi connectivity index (χ4v) is 3.79. The highest BCUT2D eigenvalue weighted by atomic mass is 35.5. The van der Waals surface area contributed by atoms with E-state index in [0.29, 0.717) is 6.54 Å². The van der Waals surface area contributed by atoms with Crippen LogP contribution in [0, 0.1) is 5.82 Å². The van der Waals surface area contributed by atoms with Crippen LogP contribution in [0.1, 0.15) is 29.8 Å². The van der Waals surface area contributed by atoms with E-state index in [-0.39, 0.29) is 17.9 Å². The maximum atomic E-state index is 13.3. The van der Waals surface area contributed by atoms with Gasteiger partial charge in [0.2, 0.25) is 0 Å². The summed E-state index contributed by atoms with van der Waals surface area (Å²) in [6, 6.07) is 10.7. The Morgan fingerprint density at radius 2 is 2.10 bits per heavy atom. The predicted octanol–water partition coefficient (Wildman–Crippen LogP) is 4.45. The van der Waals surface area contributed by atoms with Crippen molar-refractivity contribution in [1.82, 2.24) is 4.90 Å². The van der Waals surface area contributed by atoms with Crippen molar-refractivity contribution in [3.05, 3.63) is 57.0 Å². The lowest BCUT2D eigenvalue weighted by Crippen LogP contribution is -2.38. The van der Waals surface area contributed by atoms with Gasteiger partial charge in [-0.05, 0) is 43.3 Å². The molecule has 5 heteroatoms. The van der Waals surface area contributed by atoms with Crippen LogP contribution in [0.5, 0.6) is 0 Å². The average molecular weight is 327 g/mol. The van der Waals surface area contributed by atoms with Crippen molar-refractivity contribution in [2.24, 2.45) is 5.73 Å². The van der Waals surface area contributed by atoms with Crippen LogP contribution < -0.4 is 5.73 Å². The molecule has 0 aliphatic carbocycles. The number of likely N-dealkylation sites (N-methyl/N-ethyl adjacent to an activating group) is 1. The van der Waals surface area contributed by atoms with E-state index in [2.05, 4.69) is 11.8 Å². The van der Waals surface area contributed by atoms with Gasteiger partial charge in [0.1, 0.15) is 5.82 Å². The summed E-state index contributed by atoms with van der Waals surface area (Å²) in [6.45, 7) is 2.72. The zero-order valence-corrected chi connectivity index (χ0v) is 13.8. The third-order valence-electron chi connectivity index (χ3n) is 3.56. The van der Waals surface area contributed by atoms with Gasteiger partial charge in [0.05, 0.1) is 10.4 Å². The summed E-state index contributed by atoms with van der Waals surface area (Å²) in [4.78, 5) is 3.30. The zero-order chi connectivity index (χ0) is 15.4. The first kappa shape index (κ1) is 16.4. The van der Waals surface area contributed by atoms with Gasteiger partial charge in [-0.25, -0.2) is 4.39 Å². The van der Waals surface area contributed by atoms with E-state index in [1.165, 1.54) is 6.07 Å². The Morgan fingerprint density at radius 1 is 1.33 bits per heavy atom. The molecule has 2 N–H and O–H groups in total. The highest BCUT2D eigenvalue weighted by Crippen LogP contribution is 2.33. The zero-order valence-electron chi connectivity index (χ0n) is 12.2. The van der Waals surface area contributed by atoms with Gasteiger partial charge in [0, 0.05) is 17.5 Å². The topological polar surface area (TPSA) is 29.3 Å². The number of thiophene rings is 1. The van der Waals surface area contributed by atoms with Crippen LogP contribution in [0.4, 0.5) is 4.39 Å². The van der Waals surface area contributed by atoms with E-state index in [0.717, 1.165) is 21.2 Å². The fourth-order valence-electron chi connectivity index (χ4n) is 2.49. The Morgan fingerprint density at radius 3 is 2.67 bits per heavy atom. The second kappa shape index (κ2) is 7.36. The van der Waals surface area contributed by atoms with E-state index in [1.54, 1.807) is 23.5 Å². The van der Waals surface area contributed by atoms with Gasteiger partial charge in [-0.2, -0.15) is 0 Å². The van der Waals surface area contributed by atoms with Crippen LogP contribution in [-0.2, 0) is 6.54 Å². The first-order valence-corrected chi connectivity index (χ1v) is 8.16. The van der Waals surface area contributed by atoms with Crippen LogP contribution in [0.3, 0.4) is 0 Å². The Hall–Kier alpha value is -0.940. The molecule has 114 valence electrons. The van der Waals surface area contributed by atoms with Crippen molar-refractivity contribution in [3.63, 3.8) is 0 Å². The van der Waals surface area contributed by atoms with Crippen LogP contribution in [-0.4, -0.2) is 18.0 Å². The Bertz CT molecular complexity index is 587. The molecule has 0 bridgehead atoms. The van der Waals surface area contributed by atoms with E-state index >= 15 is 0 Å². The second-order valence-electron chi connectivity index (χ2n) is 5.20. The largest absolute Gasteiger partial charge is 0.326 e. The molecule has 0 saturated heterocycles. The van der Waals surface area contributed by atoms with Crippen molar-refractivity contribution in [2.45, 2.75) is 32.0 Å². The summed E-state index contributed by atoms with van der Waals surface area (Å²) in [7, 11) is 2.01. The molecule has 0 spiro atoms. The van der Waals surface area contributed by atoms with Gasteiger partial charge in [0.15, 0.2) is 0 Å². The summed E-state index contributed by atoms with van der Waals surface area (Å²) in [5.74, 6) is -0.212. The van der Waals surface area contributed by atoms with Gasteiger partial charge in [-0.3, -0.25) is 4.90 Å². The lowest BCUT2D eigenvalue weighted by Gasteiger charge is -2.31. The molecule has 2 aromatic rings. The lowest BCUT2D eigenvalue weighted by atomic mass is 10.0. The number of nitrogens with two attached hydrogens (primary N) is 1. The number of nitrogens with zero attached hydrogens (tertiary/aromatic N) is 1. The van der Waals surface area contributed by atoms with Crippen LogP contribution >= 0.6 is 22.9 Å². The number of rotatable bonds is 6. The highest BCUT2D eigenvalue weighted by molar-refractivity contribution is 7.16. The molecule has 21 heavy (non-hydrogen) atoms. The molecular formula is C16H20ClFN2S. The lowest BCUT2D eigenvalue weighted by molar-refractivity contribution is 0.205. The minimum atomic E-state index is -0.212. The molecular weight excluding hydrogens is 307 g/mol. The van der Waals surface area contributed by atoms with Crippen LogP contribution in [0.25, 0.3) is 0 Å². The Balaban J connectivity index is 2.20. The molecule has 2 rings (SSSR count). The van der Waals surface area contributed by atoms with Gasteiger partial charge in [-0.1, -0.05) is 30.7 Å². The molecule has 0 radical (unpaired) electrons. The quantitative estimate of drug-likeness (QED) is 0.849. The normalized spacial score (nSPS) is 14.4. The number of benzene rings is 1. The maximum absolute atomic E-state index is 13.3. The van der Waals surface area contributed by atoms with E-state index in [9.17, 15) is 4.39 Å².